The van der Waals surface area contributed by atoms with Crippen molar-refractivity contribution in [3.63, 3.8) is 0 Å². The molecule has 10 aromatic carbocycles. The van der Waals surface area contributed by atoms with Crippen LogP contribution in [-0.4, -0.2) is 0 Å². The van der Waals surface area contributed by atoms with E-state index in [1.54, 1.807) is 0 Å². The Balaban J connectivity index is 0.920. The van der Waals surface area contributed by atoms with Gasteiger partial charge < -0.3 is 18.2 Å². The van der Waals surface area contributed by atoms with Crippen LogP contribution >= 0.6 is 0 Å². The van der Waals surface area contributed by atoms with Crippen LogP contribution in [0.2, 0.25) is 0 Å². The summed E-state index contributed by atoms with van der Waals surface area (Å²) in [5, 5.41) is 9.04. The van der Waals surface area contributed by atoms with E-state index in [2.05, 4.69) is 193 Å². The van der Waals surface area contributed by atoms with E-state index in [1.807, 2.05) is 24.3 Å². The molecule has 0 fully saturated rings. The third-order valence-corrected chi connectivity index (χ3v) is 12.5. The smallest absolute Gasteiger partial charge is 0.143 e. The van der Waals surface area contributed by atoms with Gasteiger partial charge in [-0.1, -0.05) is 152 Å². The van der Waals surface area contributed by atoms with Gasteiger partial charge in [-0.05, 0) is 88.3 Å². The minimum Gasteiger partial charge on any atom is -0.455 e. The first-order chi connectivity index (χ1) is 30.7. The number of fused-ring (bicyclic) bond motifs is 11. The van der Waals surface area contributed by atoms with Crippen molar-refractivity contribution in [1.82, 2.24) is 0 Å². The van der Waals surface area contributed by atoms with Crippen LogP contribution in [0.15, 0.2) is 226 Å². The fourth-order valence-corrected chi connectivity index (χ4v) is 9.56. The summed E-state index contributed by atoms with van der Waals surface area (Å²) in [6.07, 6.45) is 0. The molecule has 0 bridgehead atoms. The van der Waals surface area contributed by atoms with Gasteiger partial charge >= 0.3 is 0 Å². The van der Waals surface area contributed by atoms with Crippen LogP contribution in [0.4, 0.5) is 17.1 Å². The highest BCUT2D eigenvalue weighted by Crippen LogP contribution is 2.43. The molecule has 0 atom stereocenters. The number of anilines is 3. The Bertz CT molecular complexity index is 3690. The lowest BCUT2D eigenvalue weighted by Gasteiger charge is -2.26. The zero-order chi connectivity index (χ0) is 40.7. The van der Waals surface area contributed by atoms with Crippen molar-refractivity contribution in [1.29, 1.82) is 0 Å². The largest absolute Gasteiger partial charge is 0.455 e. The van der Waals surface area contributed by atoms with Crippen LogP contribution < -0.4 is 4.90 Å². The fraction of sp³-hybridized carbons (Fsp3) is 0. The number of hydrogen-bond acceptors (Lipinski definition) is 4. The van der Waals surface area contributed by atoms with Gasteiger partial charge in [-0.15, -0.1) is 0 Å². The maximum Gasteiger partial charge on any atom is 0.143 e. The molecule has 0 saturated heterocycles. The summed E-state index contributed by atoms with van der Waals surface area (Å²) in [5.74, 6) is 0. The van der Waals surface area contributed by atoms with Crippen LogP contribution in [0.5, 0.6) is 0 Å². The minimum atomic E-state index is 0.886. The summed E-state index contributed by atoms with van der Waals surface area (Å²) in [7, 11) is 0. The molecule has 3 aromatic heterocycles. The molecular weight excluding hydrogens is 759 g/mol. The van der Waals surface area contributed by atoms with Crippen molar-refractivity contribution < 1.29 is 13.3 Å². The quantitative estimate of drug-likeness (QED) is 0.168. The van der Waals surface area contributed by atoms with E-state index < -0.39 is 0 Å². The second-order valence-corrected chi connectivity index (χ2v) is 16.0. The highest BCUT2D eigenvalue weighted by atomic mass is 16.3. The van der Waals surface area contributed by atoms with Gasteiger partial charge in [-0.25, -0.2) is 0 Å². The van der Waals surface area contributed by atoms with Gasteiger partial charge in [0.2, 0.25) is 0 Å². The topological polar surface area (TPSA) is 42.7 Å². The molecule has 13 rings (SSSR count). The molecular formula is C58H35NO3. The first kappa shape index (κ1) is 34.5. The monoisotopic (exact) mass is 793 g/mol. The third-order valence-electron chi connectivity index (χ3n) is 12.5. The first-order valence-electron chi connectivity index (χ1n) is 21.0. The summed E-state index contributed by atoms with van der Waals surface area (Å²) >= 11 is 0. The molecule has 0 unspecified atom stereocenters. The zero-order valence-electron chi connectivity index (χ0n) is 33.4. The molecule has 0 aliphatic rings. The van der Waals surface area contributed by atoms with Crippen molar-refractivity contribution >= 4 is 93.7 Å². The second kappa shape index (κ2) is 13.6. The lowest BCUT2D eigenvalue weighted by atomic mass is 9.97. The summed E-state index contributed by atoms with van der Waals surface area (Å²) < 4.78 is 19.4. The molecule has 0 spiro atoms. The molecule has 62 heavy (non-hydrogen) atoms. The number of nitrogens with zero attached hydrogens (tertiary/aromatic N) is 1. The molecule has 4 nitrogen and oxygen atoms in total. The fourth-order valence-electron chi connectivity index (χ4n) is 9.56. The molecule has 0 N–H and O–H groups in total. The predicted octanol–water partition coefficient (Wildman–Crippen LogP) is 17.0. The van der Waals surface area contributed by atoms with Gasteiger partial charge in [-0.2, -0.15) is 0 Å². The average Bonchev–Trinajstić information content (AvgIpc) is 4.04. The predicted molar refractivity (Wildman–Crippen MR) is 257 cm³/mol. The van der Waals surface area contributed by atoms with E-state index in [0.717, 1.165) is 122 Å². The Labute approximate surface area is 356 Å². The van der Waals surface area contributed by atoms with Gasteiger partial charge in [0.15, 0.2) is 0 Å². The summed E-state index contributed by atoms with van der Waals surface area (Å²) in [5.41, 5.74) is 15.1. The molecule has 13 aromatic rings. The minimum absolute atomic E-state index is 0.886. The first-order valence-corrected chi connectivity index (χ1v) is 21.0. The third kappa shape index (κ3) is 5.33. The van der Waals surface area contributed by atoms with E-state index in [0.29, 0.717) is 0 Å². The Hall–Kier alpha value is -8.34. The van der Waals surface area contributed by atoms with Crippen LogP contribution in [0.3, 0.4) is 0 Å². The standard InChI is InChI=1S/C58H35NO3/c1-2-11-44-36(10-1)28-35-51-55-43(14-9-21-54(55)62-58(44)51)37-22-29-40(30-23-37)59(41-31-24-38(25-32-41)45-15-7-17-49-47-12-3-5-19-52(47)60-56(45)49)42-33-26-39(27-34-42)46-16-8-18-50-48-13-4-6-20-53(48)61-57(46)50/h1-35H. The Morgan fingerprint density at radius 3 is 1.24 bits per heavy atom. The Morgan fingerprint density at radius 1 is 0.258 bits per heavy atom. The van der Waals surface area contributed by atoms with E-state index in [4.69, 9.17) is 13.3 Å². The number of hydrogen-bond donors (Lipinski definition) is 0. The number of furan rings is 3. The zero-order valence-corrected chi connectivity index (χ0v) is 33.4. The van der Waals surface area contributed by atoms with Gasteiger partial charge in [0.25, 0.3) is 0 Å². The molecule has 0 saturated carbocycles. The normalized spacial score (nSPS) is 11.9. The maximum absolute atomic E-state index is 6.55. The summed E-state index contributed by atoms with van der Waals surface area (Å²) in [6.45, 7) is 0. The molecule has 0 amide bonds. The van der Waals surface area contributed by atoms with Crippen molar-refractivity contribution in [3.05, 3.63) is 212 Å². The van der Waals surface area contributed by atoms with E-state index in [9.17, 15) is 0 Å². The molecule has 4 heteroatoms. The maximum atomic E-state index is 6.55. The van der Waals surface area contributed by atoms with E-state index in [-0.39, 0.29) is 0 Å². The average molecular weight is 794 g/mol. The van der Waals surface area contributed by atoms with Crippen molar-refractivity contribution in [2.75, 3.05) is 4.90 Å². The van der Waals surface area contributed by atoms with Gasteiger partial charge in [0, 0.05) is 65.9 Å². The molecule has 0 aliphatic heterocycles. The van der Waals surface area contributed by atoms with E-state index >= 15 is 0 Å². The Kier molecular flexibility index (Phi) is 7.57. The summed E-state index contributed by atoms with van der Waals surface area (Å²) in [4.78, 5) is 2.32. The van der Waals surface area contributed by atoms with Gasteiger partial charge in [-0.3, -0.25) is 0 Å². The Morgan fingerprint density at radius 2 is 0.677 bits per heavy atom. The van der Waals surface area contributed by atoms with Gasteiger partial charge in [0.05, 0.1) is 0 Å². The SMILES string of the molecule is c1ccc2c(c1)ccc1c2oc2cccc(-c3ccc(N(c4ccc(-c5cccc6c5oc5ccccc56)cc4)c4ccc(-c5cccc6c5oc5ccccc56)cc4)cc3)c21. The number of para-hydroxylation sites is 4. The van der Waals surface area contributed by atoms with Gasteiger partial charge in [0.1, 0.15) is 33.5 Å². The highest BCUT2D eigenvalue weighted by Gasteiger charge is 2.19. The molecule has 0 aliphatic carbocycles. The second-order valence-electron chi connectivity index (χ2n) is 16.0. The van der Waals surface area contributed by atoms with Crippen LogP contribution in [0, 0.1) is 0 Å². The lowest BCUT2D eigenvalue weighted by molar-refractivity contribution is 0.669. The number of rotatable bonds is 6. The van der Waals surface area contributed by atoms with Crippen molar-refractivity contribution in [3.8, 4) is 33.4 Å². The summed E-state index contributed by atoms with van der Waals surface area (Å²) in [6, 6.07) is 74.9. The molecule has 0 radical (unpaired) electrons. The lowest BCUT2D eigenvalue weighted by Crippen LogP contribution is -2.09. The van der Waals surface area contributed by atoms with Crippen LogP contribution in [0.1, 0.15) is 0 Å². The highest BCUT2D eigenvalue weighted by molar-refractivity contribution is 6.19. The van der Waals surface area contributed by atoms with E-state index in [1.165, 1.54) is 5.39 Å². The molecule has 290 valence electrons. The van der Waals surface area contributed by atoms with Crippen LogP contribution in [0.25, 0.3) is 110 Å². The van der Waals surface area contributed by atoms with Crippen molar-refractivity contribution in [2.45, 2.75) is 0 Å². The van der Waals surface area contributed by atoms with Crippen LogP contribution in [-0.2, 0) is 0 Å². The molecule has 3 heterocycles. The number of benzene rings is 10. The van der Waals surface area contributed by atoms with Crippen molar-refractivity contribution in [2.24, 2.45) is 0 Å².